The lowest BCUT2D eigenvalue weighted by Crippen LogP contribution is -2.52. The van der Waals surface area contributed by atoms with Gasteiger partial charge in [-0.15, -0.1) is 0 Å². The Hall–Kier alpha value is -2.86. The quantitative estimate of drug-likeness (QED) is 0.714. The monoisotopic (exact) mass is 378 g/mol. The van der Waals surface area contributed by atoms with E-state index in [1.807, 2.05) is 58.1 Å². The number of carbonyl (C=O) groups is 1. The standard InChI is InChI=1S/C22H26N4O2/c27-22(28-17-18-7-2-1-3-8-18)25-14-12-23-20(16-25)10-6-13-26-15-19-9-4-5-11-21(19)24-26/h1-5,7-9,11,15,20,23H,6,10,12-14,16-17H2/t20-/m1/s1. The van der Waals surface area contributed by atoms with Crippen LogP contribution in [0.15, 0.2) is 60.8 Å². The van der Waals surface area contributed by atoms with E-state index >= 15 is 0 Å². The highest BCUT2D eigenvalue weighted by molar-refractivity contribution is 5.77. The SMILES string of the molecule is O=C(OCc1ccccc1)N1CCN[C@H](CCCn2cc3ccccc3n2)C1. The van der Waals surface area contributed by atoms with E-state index in [-0.39, 0.29) is 6.09 Å². The Bertz CT molecular complexity index is 876. The number of rotatable bonds is 6. The first-order chi connectivity index (χ1) is 13.8. The van der Waals surface area contributed by atoms with Gasteiger partial charge in [-0.3, -0.25) is 4.68 Å². The topological polar surface area (TPSA) is 59.4 Å². The van der Waals surface area contributed by atoms with Gasteiger partial charge in [0.15, 0.2) is 0 Å². The van der Waals surface area contributed by atoms with Gasteiger partial charge in [-0.25, -0.2) is 4.79 Å². The Morgan fingerprint density at radius 2 is 1.96 bits per heavy atom. The third kappa shape index (κ3) is 4.70. The Kier molecular flexibility index (Phi) is 5.87. The van der Waals surface area contributed by atoms with Crippen LogP contribution in [-0.4, -0.2) is 46.4 Å². The normalized spacial score (nSPS) is 17.0. The van der Waals surface area contributed by atoms with Crippen LogP contribution in [0.4, 0.5) is 4.79 Å². The molecule has 4 rings (SSSR count). The fraction of sp³-hybridized carbons (Fsp3) is 0.364. The van der Waals surface area contributed by atoms with Crippen molar-refractivity contribution < 1.29 is 9.53 Å². The molecule has 1 saturated heterocycles. The average Bonchev–Trinajstić information content (AvgIpc) is 3.16. The van der Waals surface area contributed by atoms with Crippen molar-refractivity contribution in [3.05, 3.63) is 66.4 Å². The number of hydrogen-bond donors (Lipinski definition) is 1. The molecule has 3 aromatic rings. The molecule has 1 atom stereocenters. The minimum Gasteiger partial charge on any atom is -0.445 e. The van der Waals surface area contributed by atoms with E-state index in [4.69, 9.17) is 4.74 Å². The third-order valence-corrected chi connectivity index (χ3v) is 5.12. The molecule has 0 unspecified atom stereocenters. The minimum atomic E-state index is -0.228. The molecule has 0 aliphatic carbocycles. The zero-order chi connectivity index (χ0) is 19.2. The highest BCUT2D eigenvalue weighted by Crippen LogP contribution is 2.13. The summed E-state index contributed by atoms with van der Waals surface area (Å²) in [6.07, 6.45) is 3.88. The van der Waals surface area contributed by atoms with Crippen LogP contribution in [-0.2, 0) is 17.9 Å². The Morgan fingerprint density at radius 3 is 2.82 bits per heavy atom. The summed E-state index contributed by atoms with van der Waals surface area (Å²) in [5, 5.41) is 9.29. The predicted molar refractivity (Wildman–Crippen MR) is 109 cm³/mol. The molecule has 28 heavy (non-hydrogen) atoms. The summed E-state index contributed by atoms with van der Waals surface area (Å²) < 4.78 is 7.48. The van der Waals surface area contributed by atoms with Gasteiger partial charge in [0, 0.05) is 43.8 Å². The van der Waals surface area contributed by atoms with Gasteiger partial charge in [-0.05, 0) is 24.5 Å². The molecule has 0 radical (unpaired) electrons. The summed E-state index contributed by atoms with van der Waals surface area (Å²) in [6.45, 7) is 3.38. The Balaban J connectivity index is 1.22. The number of fused-ring (bicyclic) bond motifs is 1. The maximum absolute atomic E-state index is 12.4. The molecular formula is C22H26N4O2. The van der Waals surface area contributed by atoms with Crippen LogP contribution in [0.1, 0.15) is 18.4 Å². The van der Waals surface area contributed by atoms with Crippen molar-refractivity contribution in [2.75, 3.05) is 19.6 Å². The molecule has 1 N–H and O–H groups in total. The number of aromatic nitrogens is 2. The van der Waals surface area contributed by atoms with Gasteiger partial charge in [0.2, 0.25) is 0 Å². The van der Waals surface area contributed by atoms with Gasteiger partial charge in [-0.1, -0.05) is 48.5 Å². The van der Waals surface area contributed by atoms with E-state index in [1.165, 1.54) is 5.39 Å². The number of carbonyl (C=O) groups excluding carboxylic acids is 1. The lowest BCUT2D eigenvalue weighted by molar-refractivity contribution is 0.0839. The van der Waals surface area contributed by atoms with Crippen molar-refractivity contribution in [1.29, 1.82) is 0 Å². The van der Waals surface area contributed by atoms with Crippen LogP contribution in [0.2, 0.25) is 0 Å². The Labute approximate surface area is 165 Å². The maximum atomic E-state index is 12.4. The fourth-order valence-corrected chi connectivity index (χ4v) is 3.63. The summed E-state index contributed by atoms with van der Waals surface area (Å²) in [4.78, 5) is 14.2. The molecule has 1 fully saturated rings. The molecule has 0 spiro atoms. The zero-order valence-corrected chi connectivity index (χ0v) is 16.0. The minimum absolute atomic E-state index is 0.228. The number of hydrogen-bond acceptors (Lipinski definition) is 4. The van der Waals surface area contributed by atoms with Crippen molar-refractivity contribution >= 4 is 17.0 Å². The molecule has 0 saturated carbocycles. The lowest BCUT2D eigenvalue weighted by Gasteiger charge is -2.33. The van der Waals surface area contributed by atoms with Gasteiger partial charge in [0.1, 0.15) is 6.61 Å². The maximum Gasteiger partial charge on any atom is 0.410 e. The van der Waals surface area contributed by atoms with E-state index in [9.17, 15) is 4.79 Å². The first-order valence-corrected chi connectivity index (χ1v) is 9.89. The molecule has 2 aromatic carbocycles. The van der Waals surface area contributed by atoms with Crippen molar-refractivity contribution in [2.45, 2.75) is 32.0 Å². The number of aryl methyl sites for hydroxylation is 1. The summed E-state index contributed by atoms with van der Waals surface area (Å²) >= 11 is 0. The zero-order valence-electron chi connectivity index (χ0n) is 16.0. The first kappa shape index (κ1) is 18.5. The van der Waals surface area contributed by atoms with Crippen molar-refractivity contribution in [3.63, 3.8) is 0 Å². The van der Waals surface area contributed by atoms with Crippen molar-refractivity contribution in [2.24, 2.45) is 0 Å². The summed E-state index contributed by atoms with van der Waals surface area (Å²) in [6, 6.07) is 18.2. The average molecular weight is 378 g/mol. The first-order valence-electron chi connectivity index (χ1n) is 9.89. The van der Waals surface area contributed by atoms with Crippen LogP contribution in [0.3, 0.4) is 0 Å². The Morgan fingerprint density at radius 1 is 1.14 bits per heavy atom. The number of piperazine rings is 1. The third-order valence-electron chi connectivity index (χ3n) is 5.12. The number of nitrogens with one attached hydrogen (secondary N) is 1. The van der Waals surface area contributed by atoms with Crippen LogP contribution in [0.25, 0.3) is 10.9 Å². The van der Waals surface area contributed by atoms with E-state index in [0.29, 0.717) is 25.7 Å². The lowest BCUT2D eigenvalue weighted by atomic mass is 10.1. The van der Waals surface area contributed by atoms with E-state index in [0.717, 1.165) is 37.0 Å². The highest BCUT2D eigenvalue weighted by Gasteiger charge is 2.24. The fourth-order valence-electron chi connectivity index (χ4n) is 3.63. The number of benzene rings is 2. The van der Waals surface area contributed by atoms with Crippen molar-refractivity contribution in [3.8, 4) is 0 Å². The second kappa shape index (κ2) is 8.89. The van der Waals surface area contributed by atoms with Gasteiger partial charge in [-0.2, -0.15) is 5.10 Å². The predicted octanol–water partition coefficient (Wildman–Crippen LogP) is 3.43. The molecule has 146 valence electrons. The second-order valence-electron chi connectivity index (χ2n) is 7.23. The highest BCUT2D eigenvalue weighted by atomic mass is 16.6. The van der Waals surface area contributed by atoms with Gasteiger partial charge >= 0.3 is 6.09 Å². The smallest absolute Gasteiger partial charge is 0.410 e. The number of ether oxygens (including phenoxy) is 1. The van der Waals surface area contributed by atoms with E-state index in [1.54, 1.807) is 0 Å². The molecule has 0 bridgehead atoms. The summed E-state index contributed by atoms with van der Waals surface area (Å²) in [5.41, 5.74) is 2.04. The van der Waals surface area contributed by atoms with Crippen LogP contribution in [0.5, 0.6) is 0 Å². The number of amides is 1. The second-order valence-corrected chi connectivity index (χ2v) is 7.23. The molecule has 2 heterocycles. The van der Waals surface area contributed by atoms with Crippen molar-refractivity contribution in [1.82, 2.24) is 20.0 Å². The van der Waals surface area contributed by atoms with Gasteiger partial charge < -0.3 is 15.0 Å². The molecule has 1 aromatic heterocycles. The molecule has 6 heteroatoms. The van der Waals surface area contributed by atoms with E-state index < -0.39 is 0 Å². The van der Waals surface area contributed by atoms with Crippen LogP contribution >= 0.6 is 0 Å². The molecule has 6 nitrogen and oxygen atoms in total. The van der Waals surface area contributed by atoms with Crippen LogP contribution < -0.4 is 5.32 Å². The van der Waals surface area contributed by atoms with E-state index in [2.05, 4.69) is 22.7 Å². The van der Waals surface area contributed by atoms with Gasteiger partial charge in [0.25, 0.3) is 0 Å². The molecule has 1 aliphatic heterocycles. The van der Waals surface area contributed by atoms with Gasteiger partial charge in [0.05, 0.1) is 5.52 Å². The number of nitrogens with zero attached hydrogens (tertiary/aromatic N) is 3. The molecular weight excluding hydrogens is 352 g/mol. The van der Waals surface area contributed by atoms with Crippen LogP contribution in [0, 0.1) is 0 Å². The summed E-state index contributed by atoms with van der Waals surface area (Å²) in [7, 11) is 0. The molecule has 1 aliphatic rings. The summed E-state index contributed by atoms with van der Waals surface area (Å²) in [5.74, 6) is 0. The molecule has 1 amide bonds. The largest absolute Gasteiger partial charge is 0.445 e.